The number of thiazole rings is 1. The number of primary amides is 1. The van der Waals surface area contributed by atoms with Crippen molar-refractivity contribution < 1.29 is 23.4 Å². The average molecular weight is 593 g/mol. The van der Waals surface area contributed by atoms with E-state index in [-0.39, 0.29) is 29.0 Å². The molecule has 0 fully saturated rings. The number of hydrogen-bond donors (Lipinski definition) is 1. The van der Waals surface area contributed by atoms with E-state index >= 15 is 4.39 Å². The monoisotopic (exact) mass is 592 g/mol. The van der Waals surface area contributed by atoms with E-state index in [1.54, 1.807) is 18.3 Å². The Balaban J connectivity index is 1.24. The fraction of sp³-hybridized carbons (Fsp3) is 0.214. The third-order valence-electron chi connectivity index (χ3n) is 6.56. The molecule has 0 radical (unpaired) electrons. The first kappa shape index (κ1) is 26.8. The molecule has 13 heteroatoms. The molecule has 0 saturated carbocycles. The van der Waals surface area contributed by atoms with Crippen LogP contribution in [-0.4, -0.2) is 45.5 Å². The first-order valence-electron chi connectivity index (χ1n) is 12.5. The summed E-state index contributed by atoms with van der Waals surface area (Å²) in [6.45, 7) is 4.03. The highest BCUT2D eigenvalue weighted by atomic mass is 35.5. The lowest BCUT2D eigenvalue weighted by Crippen LogP contribution is -2.19. The van der Waals surface area contributed by atoms with E-state index in [4.69, 9.17) is 31.5 Å². The standard InChI is InChI=1S/C28H22ClFN6O4S/c1-12-4-16(24-18(5-12)34-21(38-3)10-32-24)27-36-25-20(41-27)8-19(23(30)22(25)29)39-11-13(2)17-7-14-6-15(40-28(31)37)9-33-26(14)35-17/h4-6,8-10,13H,7,11H2,1-3H3,(H2,31,37)/t13-/m0/s1. The van der Waals surface area contributed by atoms with Gasteiger partial charge in [0.2, 0.25) is 5.88 Å². The summed E-state index contributed by atoms with van der Waals surface area (Å²) in [7, 11) is 1.53. The number of hydrogen-bond acceptors (Lipinski definition) is 10. The molecule has 0 aliphatic carbocycles. The molecule has 10 nitrogen and oxygen atoms in total. The normalized spacial score (nSPS) is 13.2. The Labute approximate surface area is 242 Å². The lowest BCUT2D eigenvalue weighted by atomic mass is 10.0. The number of aromatic nitrogens is 4. The molecule has 2 aromatic carbocycles. The third-order valence-corrected chi connectivity index (χ3v) is 7.94. The molecule has 5 aromatic rings. The summed E-state index contributed by atoms with van der Waals surface area (Å²) >= 11 is 7.80. The minimum atomic E-state index is -0.917. The largest absolute Gasteiger partial charge is 0.490 e. The van der Waals surface area contributed by atoms with Crippen molar-refractivity contribution in [1.82, 2.24) is 19.9 Å². The summed E-state index contributed by atoms with van der Waals surface area (Å²) in [5, 5.41) is 0.513. The zero-order valence-electron chi connectivity index (χ0n) is 22.1. The highest BCUT2D eigenvalue weighted by molar-refractivity contribution is 7.21. The number of benzene rings is 2. The van der Waals surface area contributed by atoms with Gasteiger partial charge < -0.3 is 19.9 Å². The van der Waals surface area contributed by atoms with Gasteiger partial charge in [-0.25, -0.2) is 34.1 Å². The molecule has 2 N–H and O–H groups in total. The molecule has 3 aromatic heterocycles. The van der Waals surface area contributed by atoms with Crippen molar-refractivity contribution in [2.24, 2.45) is 16.6 Å². The highest BCUT2D eigenvalue weighted by Gasteiger charge is 2.24. The van der Waals surface area contributed by atoms with Crippen molar-refractivity contribution in [1.29, 1.82) is 0 Å². The second-order valence-corrected chi connectivity index (χ2v) is 10.9. The topological polar surface area (TPSA) is 135 Å². The Bertz CT molecular complexity index is 1900. The van der Waals surface area contributed by atoms with Crippen molar-refractivity contribution in [2.45, 2.75) is 20.3 Å². The number of rotatable bonds is 7. The molecule has 1 amide bonds. The number of fused-ring (bicyclic) bond motifs is 3. The Kier molecular flexibility index (Phi) is 6.88. The van der Waals surface area contributed by atoms with Crippen molar-refractivity contribution in [2.75, 3.05) is 13.7 Å². The maximum absolute atomic E-state index is 15.3. The zero-order chi connectivity index (χ0) is 28.8. The molecule has 6 rings (SSSR count). The van der Waals surface area contributed by atoms with Gasteiger partial charge in [0.15, 0.2) is 23.1 Å². The molecule has 41 heavy (non-hydrogen) atoms. The number of methoxy groups -OCH3 is 1. The quantitative estimate of drug-likeness (QED) is 0.236. The number of carbonyl (C=O) groups excluding carboxylic acids is 1. The van der Waals surface area contributed by atoms with Crippen LogP contribution < -0.4 is 19.9 Å². The highest BCUT2D eigenvalue weighted by Crippen LogP contribution is 2.41. The Morgan fingerprint density at radius 3 is 2.78 bits per heavy atom. The van der Waals surface area contributed by atoms with Gasteiger partial charge in [0.1, 0.15) is 15.5 Å². The van der Waals surface area contributed by atoms with Gasteiger partial charge in [-0.15, -0.1) is 11.3 Å². The van der Waals surface area contributed by atoms with Crippen LogP contribution in [0.25, 0.3) is 31.8 Å². The van der Waals surface area contributed by atoms with Crippen molar-refractivity contribution in [3.8, 4) is 28.0 Å². The molecule has 0 bridgehead atoms. The number of ether oxygens (including phenoxy) is 3. The predicted octanol–water partition coefficient (Wildman–Crippen LogP) is 6.21. The summed E-state index contributed by atoms with van der Waals surface area (Å²) in [4.78, 5) is 33.5. The van der Waals surface area contributed by atoms with E-state index in [0.717, 1.165) is 22.4 Å². The SMILES string of the molecule is COc1cnc2c(-c3nc4c(Cl)c(F)c(OC[C@H](C)C5=Nc6ncc(OC(N)=O)cc6C5)cc4s3)cc(C)cc2n1. The fourth-order valence-corrected chi connectivity index (χ4v) is 5.88. The van der Waals surface area contributed by atoms with Crippen LogP contribution in [0.2, 0.25) is 5.02 Å². The second kappa shape index (κ2) is 10.5. The van der Waals surface area contributed by atoms with E-state index < -0.39 is 11.9 Å². The number of nitrogens with zero attached hydrogens (tertiary/aromatic N) is 5. The molecular formula is C28H22ClFN6O4S. The molecule has 4 heterocycles. The summed E-state index contributed by atoms with van der Waals surface area (Å²) in [5.41, 5.74) is 10.1. The van der Waals surface area contributed by atoms with Gasteiger partial charge >= 0.3 is 6.09 Å². The number of amides is 1. The predicted molar refractivity (Wildman–Crippen MR) is 154 cm³/mol. The van der Waals surface area contributed by atoms with Crippen LogP contribution >= 0.6 is 22.9 Å². The minimum absolute atomic E-state index is 0.0227. The maximum atomic E-state index is 15.3. The summed E-state index contributed by atoms with van der Waals surface area (Å²) in [6, 6.07) is 7.16. The Hall–Kier alpha value is -4.42. The molecular weight excluding hydrogens is 571 g/mol. The number of aliphatic imine (C=N–C) groups is 1. The van der Waals surface area contributed by atoms with Crippen LogP contribution in [-0.2, 0) is 6.42 Å². The van der Waals surface area contributed by atoms with E-state index in [1.165, 1.54) is 24.6 Å². The van der Waals surface area contributed by atoms with Crippen LogP contribution in [0.3, 0.4) is 0 Å². The number of aryl methyl sites for hydroxylation is 1. The third kappa shape index (κ3) is 5.11. The van der Waals surface area contributed by atoms with Crippen LogP contribution in [0.1, 0.15) is 18.1 Å². The van der Waals surface area contributed by atoms with Gasteiger partial charge in [0, 0.05) is 35.2 Å². The van der Waals surface area contributed by atoms with Gasteiger partial charge in [-0.2, -0.15) is 0 Å². The molecule has 1 aliphatic heterocycles. The molecule has 1 aliphatic rings. The number of pyridine rings is 1. The van der Waals surface area contributed by atoms with E-state index in [2.05, 4.69) is 24.9 Å². The Morgan fingerprint density at radius 2 is 2.00 bits per heavy atom. The lowest BCUT2D eigenvalue weighted by molar-refractivity contribution is 0.210. The first-order valence-corrected chi connectivity index (χ1v) is 13.7. The summed E-state index contributed by atoms with van der Waals surface area (Å²) in [6.07, 6.45) is 2.50. The first-order chi connectivity index (χ1) is 19.7. The van der Waals surface area contributed by atoms with Crippen molar-refractivity contribution >= 4 is 61.8 Å². The van der Waals surface area contributed by atoms with E-state index in [9.17, 15) is 4.79 Å². The number of nitrogens with two attached hydrogens (primary N) is 1. The smallest absolute Gasteiger partial charge is 0.410 e. The number of halogens is 2. The van der Waals surface area contributed by atoms with Crippen LogP contribution in [0.4, 0.5) is 15.0 Å². The fourth-order valence-electron chi connectivity index (χ4n) is 4.56. The molecule has 1 atom stereocenters. The second-order valence-electron chi connectivity index (χ2n) is 9.53. The molecule has 208 valence electrons. The van der Waals surface area contributed by atoms with Gasteiger partial charge in [-0.3, -0.25) is 0 Å². The maximum Gasteiger partial charge on any atom is 0.410 e. The lowest BCUT2D eigenvalue weighted by Gasteiger charge is -2.14. The van der Waals surface area contributed by atoms with Crippen LogP contribution in [0, 0.1) is 18.7 Å². The van der Waals surface area contributed by atoms with Gasteiger partial charge in [0.25, 0.3) is 0 Å². The van der Waals surface area contributed by atoms with Crippen molar-refractivity contribution in [3.63, 3.8) is 0 Å². The summed E-state index contributed by atoms with van der Waals surface area (Å²) < 4.78 is 32.0. The van der Waals surface area contributed by atoms with Crippen molar-refractivity contribution in [3.05, 3.63) is 58.6 Å². The van der Waals surface area contributed by atoms with Gasteiger partial charge in [-0.1, -0.05) is 18.5 Å². The van der Waals surface area contributed by atoms with Gasteiger partial charge in [-0.05, 0) is 30.7 Å². The minimum Gasteiger partial charge on any atom is -0.490 e. The van der Waals surface area contributed by atoms with Crippen LogP contribution in [0.5, 0.6) is 17.4 Å². The average Bonchev–Trinajstić information content (AvgIpc) is 3.57. The van der Waals surface area contributed by atoms with Gasteiger partial charge in [0.05, 0.1) is 41.8 Å². The Morgan fingerprint density at radius 1 is 1.17 bits per heavy atom. The molecule has 0 saturated heterocycles. The van der Waals surface area contributed by atoms with Crippen LogP contribution in [0.15, 0.2) is 41.7 Å². The molecule has 0 spiro atoms. The number of carbonyl (C=O) groups is 1. The van der Waals surface area contributed by atoms with E-state index in [0.29, 0.717) is 44.4 Å². The molecule has 0 unspecified atom stereocenters. The van der Waals surface area contributed by atoms with E-state index in [1.807, 2.05) is 26.0 Å². The summed E-state index contributed by atoms with van der Waals surface area (Å²) in [5.74, 6) is 0.358. The zero-order valence-corrected chi connectivity index (χ0v) is 23.6.